The molecule has 188 valence electrons. The number of hydrogen-bond acceptors (Lipinski definition) is 10. The van der Waals surface area contributed by atoms with Gasteiger partial charge < -0.3 is 20.6 Å². The van der Waals surface area contributed by atoms with Gasteiger partial charge >= 0.3 is 0 Å². The van der Waals surface area contributed by atoms with E-state index in [9.17, 15) is 4.79 Å². The smallest absolute Gasteiger partial charge is 0.265 e. The minimum Gasteiger partial charge on any atom is -0.395 e. The van der Waals surface area contributed by atoms with Gasteiger partial charge in [0.15, 0.2) is 0 Å². The maximum absolute atomic E-state index is 13.1. The van der Waals surface area contributed by atoms with Gasteiger partial charge in [-0.05, 0) is 32.0 Å². The molecule has 9 nitrogen and oxygen atoms in total. The molecule has 1 fully saturated rings. The molecular weight excluding hydrogens is 494 g/mol. The fourth-order valence-electron chi connectivity index (χ4n) is 4.17. The summed E-state index contributed by atoms with van der Waals surface area (Å²) in [5.41, 5.74) is 5.55. The van der Waals surface area contributed by atoms with E-state index in [-0.39, 0.29) is 18.6 Å². The van der Waals surface area contributed by atoms with Crippen LogP contribution in [0.3, 0.4) is 0 Å². The minimum absolute atomic E-state index is 0.00507. The van der Waals surface area contributed by atoms with E-state index >= 15 is 0 Å². The Balaban J connectivity index is 1.34. The highest BCUT2D eigenvalue weighted by Gasteiger charge is 2.24. The zero-order chi connectivity index (χ0) is 25.1. The summed E-state index contributed by atoms with van der Waals surface area (Å²) >= 11 is 3.00. The number of aliphatic hydroxyl groups excluding tert-OH is 1. The Kier molecular flexibility index (Phi) is 7.42. The molecule has 0 saturated carbocycles. The lowest BCUT2D eigenvalue weighted by atomic mass is 10.2. The molecular formula is C25H29N7O2S2. The van der Waals surface area contributed by atoms with Crippen LogP contribution in [0.1, 0.15) is 23.5 Å². The van der Waals surface area contributed by atoms with Gasteiger partial charge in [0.05, 0.1) is 34.1 Å². The molecule has 0 atom stereocenters. The van der Waals surface area contributed by atoms with Gasteiger partial charge in [-0.1, -0.05) is 0 Å². The van der Waals surface area contributed by atoms with Crippen LogP contribution in [0.5, 0.6) is 0 Å². The number of piperazine rings is 1. The third-order valence-electron chi connectivity index (χ3n) is 5.97. The monoisotopic (exact) mass is 523 g/mol. The topological polar surface area (TPSA) is 107 Å². The van der Waals surface area contributed by atoms with Crippen LogP contribution in [0.2, 0.25) is 0 Å². The van der Waals surface area contributed by atoms with Crippen LogP contribution in [0.25, 0.3) is 20.8 Å². The molecule has 5 rings (SSSR count). The second kappa shape index (κ2) is 10.9. The summed E-state index contributed by atoms with van der Waals surface area (Å²) in [6, 6.07) is 8.26. The number of carbonyl (C=O) groups is 1. The molecule has 4 heterocycles. The van der Waals surface area contributed by atoms with E-state index in [4.69, 9.17) is 5.11 Å². The van der Waals surface area contributed by atoms with Gasteiger partial charge in [0.2, 0.25) is 0 Å². The molecule has 1 amide bonds. The number of anilines is 3. The van der Waals surface area contributed by atoms with Gasteiger partial charge in [0.1, 0.15) is 15.7 Å². The lowest BCUT2D eigenvalue weighted by Crippen LogP contribution is -2.49. The van der Waals surface area contributed by atoms with Gasteiger partial charge in [0.25, 0.3) is 5.91 Å². The van der Waals surface area contributed by atoms with Gasteiger partial charge in [-0.15, -0.1) is 22.7 Å². The molecule has 11 heteroatoms. The van der Waals surface area contributed by atoms with E-state index in [1.165, 1.54) is 11.3 Å². The van der Waals surface area contributed by atoms with Crippen LogP contribution in [0.4, 0.5) is 17.2 Å². The van der Waals surface area contributed by atoms with E-state index in [1.54, 1.807) is 23.7 Å². The number of nitrogens with one attached hydrogen (secondary N) is 2. The molecule has 1 aliphatic heterocycles. The molecule has 1 saturated heterocycles. The molecule has 36 heavy (non-hydrogen) atoms. The highest BCUT2D eigenvalue weighted by atomic mass is 32.1. The van der Waals surface area contributed by atoms with Crippen molar-refractivity contribution in [3.05, 3.63) is 47.0 Å². The zero-order valence-corrected chi connectivity index (χ0v) is 21.9. The highest BCUT2D eigenvalue weighted by molar-refractivity contribution is 7.17. The first kappa shape index (κ1) is 24.6. The Bertz CT molecular complexity index is 1350. The third kappa shape index (κ3) is 5.49. The standard InChI is InChI=1S/C25H29N7O2S2/c1-16(2)29-20-12-23(30-17-3-4-19-21(11-17)35-15-28-19)26-13-18(20)24-27-14-22(36-24)25(34)32-7-5-31(6-8-32)9-10-33/h3-4,11-16,33H,5-10H2,1-2H3,(H2,26,29,30). The Labute approximate surface area is 217 Å². The molecule has 0 radical (unpaired) electrons. The Morgan fingerprint density at radius 1 is 1.11 bits per heavy atom. The number of β-amino-alcohol motifs (C(OH)–C–C–N with tert-alkyl or cyclic N) is 1. The van der Waals surface area contributed by atoms with Crippen LogP contribution >= 0.6 is 22.7 Å². The van der Waals surface area contributed by atoms with Crippen molar-refractivity contribution in [1.82, 2.24) is 24.8 Å². The summed E-state index contributed by atoms with van der Waals surface area (Å²) in [6.07, 6.45) is 3.47. The predicted molar refractivity (Wildman–Crippen MR) is 146 cm³/mol. The predicted octanol–water partition coefficient (Wildman–Crippen LogP) is 4.13. The molecule has 0 unspecified atom stereocenters. The molecule has 1 aromatic carbocycles. The lowest BCUT2D eigenvalue weighted by Gasteiger charge is -2.34. The molecule has 0 spiro atoms. The van der Waals surface area contributed by atoms with E-state index in [2.05, 4.69) is 50.4 Å². The van der Waals surface area contributed by atoms with Crippen molar-refractivity contribution in [1.29, 1.82) is 0 Å². The summed E-state index contributed by atoms with van der Waals surface area (Å²) in [5.74, 6) is 0.727. The highest BCUT2D eigenvalue weighted by Crippen LogP contribution is 2.34. The number of amides is 1. The van der Waals surface area contributed by atoms with Gasteiger partial charge in [0, 0.05) is 62.4 Å². The second-order valence-electron chi connectivity index (χ2n) is 8.96. The lowest BCUT2D eigenvalue weighted by molar-refractivity contribution is 0.0619. The average molecular weight is 524 g/mol. The van der Waals surface area contributed by atoms with Crippen molar-refractivity contribution < 1.29 is 9.90 Å². The van der Waals surface area contributed by atoms with E-state index in [0.29, 0.717) is 24.5 Å². The van der Waals surface area contributed by atoms with Crippen LogP contribution in [-0.2, 0) is 0 Å². The van der Waals surface area contributed by atoms with Crippen LogP contribution in [0.15, 0.2) is 42.2 Å². The van der Waals surface area contributed by atoms with E-state index in [0.717, 1.165) is 51.1 Å². The van der Waals surface area contributed by atoms with Crippen molar-refractivity contribution in [2.45, 2.75) is 19.9 Å². The summed E-state index contributed by atoms with van der Waals surface area (Å²) in [4.78, 5) is 31.3. The maximum Gasteiger partial charge on any atom is 0.265 e. The third-order valence-corrected chi connectivity index (χ3v) is 7.78. The summed E-state index contributed by atoms with van der Waals surface area (Å²) in [7, 11) is 0. The number of rotatable bonds is 8. The van der Waals surface area contributed by atoms with Gasteiger partial charge in [-0.2, -0.15) is 0 Å². The quantitative estimate of drug-likeness (QED) is 0.317. The van der Waals surface area contributed by atoms with Crippen molar-refractivity contribution in [3.63, 3.8) is 0 Å². The molecule has 3 N–H and O–H groups in total. The largest absolute Gasteiger partial charge is 0.395 e. The van der Waals surface area contributed by atoms with Gasteiger partial charge in [-0.25, -0.2) is 15.0 Å². The maximum atomic E-state index is 13.1. The average Bonchev–Trinajstić information content (AvgIpc) is 3.54. The van der Waals surface area contributed by atoms with Crippen molar-refractivity contribution in [2.24, 2.45) is 0 Å². The number of benzene rings is 1. The van der Waals surface area contributed by atoms with Crippen LogP contribution in [-0.4, -0.2) is 81.1 Å². The number of carbonyl (C=O) groups excluding carboxylic acids is 1. The van der Waals surface area contributed by atoms with Gasteiger partial charge in [-0.3, -0.25) is 9.69 Å². The second-order valence-corrected chi connectivity index (χ2v) is 10.9. The Hall–Kier alpha value is -3.12. The fraction of sp³-hybridized carbons (Fsp3) is 0.360. The van der Waals surface area contributed by atoms with E-state index in [1.807, 2.05) is 28.6 Å². The Morgan fingerprint density at radius 2 is 1.94 bits per heavy atom. The number of fused-ring (bicyclic) bond motifs is 1. The SMILES string of the molecule is CC(C)Nc1cc(Nc2ccc3ncsc3c2)ncc1-c1ncc(C(=O)N2CCN(CCO)CC2)s1. The van der Waals surface area contributed by atoms with Crippen molar-refractivity contribution >= 4 is 56.0 Å². The number of hydrogen-bond donors (Lipinski definition) is 3. The first-order valence-electron chi connectivity index (χ1n) is 12.0. The summed E-state index contributed by atoms with van der Waals surface area (Å²) < 4.78 is 1.12. The van der Waals surface area contributed by atoms with Crippen LogP contribution < -0.4 is 10.6 Å². The van der Waals surface area contributed by atoms with Crippen molar-refractivity contribution in [2.75, 3.05) is 50.0 Å². The number of aliphatic hydroxyl groups is 1. The molecule has 1 aliphatic rings. The number of thiazole rings is 2. The fourth-order valence-corrected chi connectivity index (χ4v) is 5.80. The molecule has 0 bridgehead atoms. The summed E-state index contributed by atoms with van der Waals surface area (Å²) in [5, 5.41) is 16.8. The Morgan fingerprint density at radius 3 is 2.72 bits per heavy atom. The number of aromatic nitrogens is 3. The number of nitrogens with zero attached hydrogens (tertiary/aromatic N) is 5. The molecule has 4 aromatic rings. The number of pyridine rings is 1. The summed E-state index contributed by atoms with van der Waals surface area (Å²) in [6.45, 7) is 7.82. The first-order valence-corrected chi connectivity index (χ1v) is 13.7. The van der Waals surface area contributed by atoms with E-state index < -0.39 is 0 Å². The van der Waals surface area contributed by atoms with Crippen molar-refractivity contribution in [3.8, 4) is 10.6 Å². The zero-order valence-electron chi connectivity index (χ0n) is 20.3. The molecule has 3 aromatic heterocycles. The normalized spacial score (nSPS) is 14.5. The molecule has 0 aliphatic carbocycles. The first-order chi connectivity index (χ1) is 17.5. The minimum atomic E-state index is 0.00507. The van der Waals surface area contributed by atoms with Crippen LogP contribution in [0, 0.1) is 0 Å².